The first kappa shape index (κ1) is 12.4. The number of nitrogens with zero attached hydrogens (tertiary/aromatic N) is 1. The van der Waals surface area contributed by atoms with Crippen molar-refractivity contribution < 1.29 is 5.11 Å². The van der Waals surface area contributed by atoms with E-state index in [4.69, 9.17) is 5.26 Å². The summed E-state index contributed by atoms with van der Waals surface area (Å²) in [5, 5.41) is 20.8. The maximum Gasteiger partial charge on any atom is 0.0667 e. The van der Waals surface area contributed by atoms with E-state index in [1.807, 2.05) is 0 Å². The van der Waals surface area contributed by atoms with Gasteiger partial charge in [0.05, 0.1) is 12.2 Å². The minimum absolute atomic E-state index is 0.248. The third kappa shape index (κ3) is 9.32. The Labute approximate surface area is 80.8 Å². The zero-order valence-electron chi connectivity index (χ0n) is 8.58. The lowest BCUT2D eigenvalue weighted by Crippen LogP contribution is -2.28. The number of unbranched alkanes of at least 4 members (excludes halogenated alkanes) is 1. The maximum absolute atomic E-state index is 9.45. The predicted molar refractivity (Wildman–Crippen MR) is 53.2 cm³/mol. The van der Waals surface area contributed by atoms with E-state index in [-0.39, 0.29) is 6.10 Å². The van der Waals surface area contributed by atoms with Crippen molar-refractivity contribution in [2.24, 2.45) is 5.92 Å². The third-order valence-corrected chi connectivity index (χ3v) is 1.77. The highest BCUT2D eigenvalue weighted by Gasteiger charge is 2.05. The van der Waals surface area contributed by atoms with Crippen LogP contribution in [0.15, 0.2) is 0 Å². The van der Waals surface area contributed by atoms with Crippen LogP contribution in [0.3, 0.4) is 0 Å². The molecule has 0 aromatic heterocycles. The summed E-state index contributed by atoms with van der Waals surface area (Å²) < 4.78 is 0. The van der Waals surface area contributed by atoms with E-state index >= 15 is 0 Å². The molecule has 0 aliphatic heterocycles. The second-order valence-electron chi connectivity index (χ2n) is 3.75. The summed E-state index contributed by atoms with van der Waals surface area (Å²) in [5.41, 5.74) is 0. The number of hydrogen-bond acceptors (Lipinski definition) is 3. The lowest BCUT2D eigenvalue weighted by atomic mass is 10.1. The average molecular weight is 184 g/mol. The summed E-state index contributed by atoms with van der Waals surface area (Å²) >= 11 is 0. The molecule has 0 bridgehead atoms. The van der Waals surface area contributed by atoms with Gasteiger partial charge < -0.3 is 10.4 Å². The monoisotopic (exact) mass is 184 g/mol. The summed E-state index contributed by atoms with van der Waals surface area (Å²) in [6, 6.07) is 2.09. The van der Waals surface area contributed by atoms with Crippen molar-refractivity contribution in [3.05, 3.63) is 0 Å². The van der Waals surface area contributed by atoms with Crippen molar-refractivity contribution in [3.8, 4) is 6.07 Å². The van der Waals surface area contributed by atoms with Crippen LogP contribution >= 0.6 is 0 Å². The first-order valence-electron chi connectivity index (χ1n) is 4.92. The van der Waals surface area contributed by atoms with E-state index in [2.05, 4.69) is 25.2 Å². The van der Waals surface area contributed by atoms with Crippen LogP contribution < -0.4 is 5.32 Å². The lowest BCUT2D eigenvalue weighted by molar-refractivity contribution is 0.146. The van der Waals surface area contributed by atoms with Gasteiger partial charge in [-0.2, -0.15) is 5.26 Å². The second-order valence-corrected chi connectivity index (χ2v) is 3.75. The van der Waals surface area contributed by atoms with Gasteiger partial charge in [-0.3, -0.25) is 0 Å². The average Bonchev–Trinajstić information content (AvgIpc) is 2.02. The normalized spacial score (nSPS) is 12.8. The molecule has 0 fully saturated rings. The molecule has 0 radical (unpaired) electrons. The van der Waals surface area contributed by atoms with Gasteiger partial charge in [0.15, 0.2) is 0 Å². The van der Waals surface area contributed by atoms with Gasteiger partial charge in [-0.05, 0) is 25.3 Å². The molecule has 1 unspecified atom stereocenters. The number of rotatable bonds is 7. The zero-order chi connectivity index (χ0) is 10.1. The highest BCUT2D eigenvalue weighted by atomic mass is 16.3. The Hall–Kier alpha value is -0.590. The first-order chi connectivity index (χ1) is 6.16. The topological polar surface area (TPSA) is 56.0 Å². The van der Waals surface area contributed by atoms with Crippen LogP contribution in [0.25, 0.3) is 0 Å². The molecule has 2 N–H and O–H groups in total. The number of aliphatic hydroxyl groups is 1. The molecular formula is C10H20N2O. The van der Waals surface area contributed by atoms with E-state index < -0.39 is 0 Å². The molecule has 1 atom stereocenters. The van der Waals surface area contributed by atoms with Crippen molar-refractivity contribution in [2.75, 3.05) is 13.1 Å². The van der Waals surface area contributed by atoms with Gasteiger partial charge in [0.2, 0.25) is 0 Å². The van der Waals surface area contributed by atoms with Gasteiger partial charge in [-0.15, -0.1) is 0 Å². The van der Waals surface area contributed by atoms with Crippen LogP contribution in [0.2, 0.25) is 0 Å². The summed E-state index contributed by atoms with van der Waals surface area (Å²) in [5.74, 6) is 0.538. The van der Waals surface area contributed by atoms with Crippen LogP contribution in [-0.2, 0) is 0 Å². The molecule has 0 rings (SSSR count). The van der Waals surface area contributed by atoms with Gasteiger partial charge in [-0.25, -0.2) is 0 Å². The molecule has 3 heteroatoms. The Morgan fingerprint density at radius 3 is 2.69 bits per heavy atom. The van der Waals surface area contributed by atoms with Crippen LogP contribution in [0, 0.1) is 17.2 Å². The van der Waals surface area contributed by atoms with E-state index in [0.717, 1.165) is 19.4 Å². The predicted octanol–water partition coefficient (Wildman–Crippen LogP) is 1.29. The zero-order valence-corrected chi connectivity index (χ0v) is 8.58. The molecule has 3 nitrogen and oxygen atoms in total. The largest absolute Gasteiger partial charge is 0.392 e. The van der Waals surface area contributed by atoms with Crippen molar-refractivity contribution >= 4 is 0 Å². The number of aliphatic hydroxyl groups excluding tert-OH is 1. The lowest BCUT2D eigenvalue weighted by Gasteiger charge is -2.13. The Bertz CT molecular complexity index is 151. The van der Waals surface area contributed by atoms with E-state index in [9.17, 15) is 5.11 Å². The molecule has 13 heavy (non-hydrogen) atoms. The van der Waals surface area contributed by atoms with Gasteiger partial charge in [0, 0.05) is 13.0 Å². The SMILES string of the molecule is CC(C)CC(O)CNCCCC#N. The van der Waals surface area contributed by atoms with E-state index in [1.54, 1.807) is 0 Å². The van der Waals surface area contributed by atoms with E-state index in [1.165, 1.54) is 0 Å². The second kappa shape index (κ2) is 8.03. The molecule has 0 heterocycles. The molecule has 0 aliphatic rings. The standard InChI is InChI=1S/C10H20N2O/c1-9(2)7-10(13)8-12-6-4-3-5-11/h9-10,12-13H,3-4,6-8H2,1-2H3. The molecular weight excluding hydrogens is 164 g/mol. The minimum atomic E-state index is -0.248. The van der Waals surface area contributed by atoms with Crippen LogP contribution in [-0.4, -0.2) is 24.3 Å². The molecule has 0 saturated heterocycles. The fourth-order valence-electron chi connectivity index (χ4n) is 1.19. The van der Waals surface area contributed by atoms with E-state index in [0.29, 0.717) is 18.9 Å². The van der Waals surface area contributed by atoms with Crippen LogP contribution in [0.5, 0.6) is 0 Å². The van der Waals surface area contributed by atoms with Gasteiger partial charge in [-0.1, -0.05) is 13.8 Å². The van der Waals surface area contributed by atoms with Gasteiger partial charge in [0.1, 0.15) is 0 Å². The fraction of sp³-hybridized carbons (Fsp3) is 0.900. The summed E-state index contributed by atoms with van der Waals surface area (Å²) in [4.78, 5) is 0. The Kier molecular flexibility index (Phi) is 7.66. The van der Waals surface area contributed by atoms with Gasteiger partial charge in [0.25, 0.3) is 0 Å². The molecule has 0 saturated carbocycles. The Morgan fingerprint density at radius 2 is 2.15 bits per heavy atom. The first-order valence-corrected chi connectivity index (χ1v) is 4.92. The maximum atomic E-state index is 9.45. The Morgan fingerprint density at radius 1 is 1.46 bits per heavy atom. The highest BCUT2D eigenvalue weighted by molar-refractivity contribution is 4.69. The number of nitriles is 1. The third-order valence-electron chi connectivity index (χ3n) is 1.77. The molecule has 0 aromatic carbocycles. The van der Waals surface area contributed by atoms with Crippen molar-refractivity contribution in [2.45, 2.75) is 39.2 Å². The van der Waals surface area contributed by atoms with Crippen molar-refractivity contribution in [3.63, 3.8) is 0 Å². The molecule has 76 valence electrons. The number of nitrogens with one attached hydrogen (secondary N) is 1. The minimum Gasteiger partial charge on any atom is -0.392 e. The highest BCUT2D eigenvalue weighted by Crippen LogP contribution is 2.02. The van der Waals surface area contributed by atoms with Crippen molar-refractivity contribution in [1.82, 2.24) is 5.32 Å². The molecule has 0 aromatic rings. The molecule has 0 aliphatic carbocycles. The van der Waals surface area contributed by atoms with Gasteiger partial charge >= 0.3 is 0 Å². The quantitative estimate of drug-likeness (QED) is 0.586. The summed E-state index contributed by atoms with van der Waals surface area (Å²) in [7, 11) is 0. The summed E-state index contributed by atoms with van der Waals surface area (Å²) in [6.45, 7) is 5.66. The molecule has 0 amide bonds. The van der Waals surface area contributed by atoms with Crippen LogP contribution in [0.4, 0.5) is 0 Å². The summed E-state index contributed by atoms with van der Waals surface area (Å²) in [6.07, 6.45) is 2.05. The molecule has 0 spiro atoms. The fourth-order valence-corrected chi connectivity index (χ4v) is 1.19. The van der Waals surface area contributed by atoms with Crippen molar-refractivity contribution in [1.29, 1.82) is 5.26 Å². The smallest absolute Gasteiger partial charge is 0.0667 e. The van der Waals surface area contributed by atoms with Crippen LogP contribution in [0.1, 0.15) is 33.1 Å². The Balaban J connectivity index is 3.18. The number of hydrogen-bond donors (Lipinski definition) is 2.